The Morgan fingerprint density at radius 2 is 2.17 bits per heavy atom. The molecule has 0 unspecified atom stereocenters. The molecule has 96 valence electrons. The average molecular weight is 329 g/mol. The fraction of sp³-hybridized carbons (Fsp3) is 0.308. The second-order valence-electron chi connectivity index (χ2n) is 4.16. The zero-order valence-electron chi connectivity index (χ0n) is 10.2. The van der Waals surface area contributed by atoms with Gasteiger partial charge in [-0.05, 0) is 30.5 Å². The molecule has 0 saturated carbocycles. The van der Waals surface area contributed by atoms with Crippen molar-refractivity contribution in [2.24, 2.45) is 12.8 Å². The van der Waals surface area contributed by atoms with E-state index in [4.69, 9.17) is 17.3 Å². The van der Waals surface area contributed by atoms with Crippen LogP contribution >= 0.6 is 27.5 Å². The monoisotopic (exact) mass is 327 g/mol. The smallest absolute Gasteiger partial charge is 0.150 e. The summed E-state index contributed by atoms with van der Waals surface area (Å²) in [5.74, 6) is 0.823. The van der Waals surface area contributed by atoms with E-state index in [1.807, 2.05) is 23.7 Å². The summed E-state index contributed by atoms with van der Waals surface area (Å²) in [6, 6.07) is 8.29. The summed E-state index contributed by atoms with van der Waals surface area (Å²) in [6.45, 7) is 0.410. The van der Waals surface area contributed by atoms with Crippen LogP contribution in [0, 0.1) is 0 Å². The van der Waals surface area contributed by atoms with Crippen molar-refractivity contribution in [1.82, 2.24) is 9.55 Å². The van der Waals surface area contributed by atoms with Crippen molar-refractivity contribution in [3.63, 3.8) is 0 Å². The van der Waals surface area contributed by atoms with Crippen molar-refractivity contribution >= 4 is 27.5 Å². The first-order valence-corrected chi connectivity index (χ1v) is 6.93. The SMILES string of the molecule is Cn1c(CN)nc(Cl)c1CCc1cccc(Br)c1. The second-order valence-corrected chi connectivity index (χ2v) is 5.43. The van der Waals surface area contributed by atoms with E-state index in [-0.39, 0.29) is 0 Å². The number of nitrogens with two attached hydrogens (primary N) is 1. The van der Waals surface area contributed by atoms with Gasteiger partial charge in [-0.25, -0.2) is 4.98 Å². The van der Waals surface area contributed by atoms with Gasteiger partial charge in [0.2, 0.25) is 0 Å². The summed E-state index contributed by atoms with van der Waals surface area (Å²) < 4.78 is 3.08. The van der Waals surface area contributed by atoms with Crippen LogP contribution < -0.4 is 5.73 Å². The van der Waals surface area contributed by atoms with Crippen LogP contribution in [0.2, 0.25) is 5.15 Å². The lowest BCUT2D eigenvalue weighted by molar-refractivity contribution is 0.739. The summed E-state index contributed by atoms with van der Waals surface area (Å²) in [5, 5.41) is 0.563. The molecule has 0 saturated heterocycles. The summed E-state index contributed by atoms with van der Waals surface area (Å²) in [5.41, 5.74) is 7.92. The highest BCUT2D eigenvalue weighted by Crippen LogP contribution is 2.19. The number of nitrogens with zero attached hydrogens (tertiary/aromatic N) is 2. The van der Waals surface area contributed by atoms with Crippen molar-refractivity contribution in [3.05, 3.63) is 51.0 Å². The highest BCUT2D eigenvalue weighted by atomic mass is 79.9. The minimum Gasteiger partial charge on any atom is -0.333 e. The first-order chi connectivity index (χ1) is 8.61. The Kier molecular flexibility index (Phi) is 4.43. The van der Waals surface area contributed by atoms with Crippen molar-refractivity contribution in [2.45, 2.75) is 19.4 Å². The molecule has 2 rings (SSSR count). The summed E-state index contributed by atoms with van der Waals surface area (Å²) >= 11 is 9.60. The molecule has 2 N–H and O–H groups in total. The number of hydrogen-bond donors (Lipinski definition) is 1. The van der Waals surface area contributed by atoms with E-state index in [1.165, 1.54) is 5.56 Å². The predicted octanol–water partition coefficient (Wildman–Crippen LogP) is 3.08. The highest BCUT2D eigenvalue weighted by Gasteiger charge is 2.11. The Hall–Kier alpha value is -0.840. The largest absolute Gasteiger partial charge is 0.333 e. The van der Waals surface area contributed by atoms with E-state index >= 15 is 0 Å². The molecular weight excluding hydrogens is 314 g/mol. The normalized spacial score (nSPS) is 10.9. The minimum atomic E-state index is 0.410. The number of rotatable bonds is 4. The van der Waals surface area contributed by atoms with Gasteiger partial charge in [-0.1, -0.05) is 39.7 Å². The van der Waals surface area contributed by atoms with Gasteiger partial charge >= 0.3 is 0 Å². The Bertz CT molecular complexity index is 551. The molecule has 0 aliphatic heterocycles. The Morgan fingerprint density at radius 1 is 1.39 bits per heavy atom. The Morgan fingerprint density at radius 3 is 2.78 bits per heavy atom. The van der Waals surface area contributed by atoms with Crippen LogP contribution in [0.25, 0.3) is 0 Å². The molecule has 1 heterocycles. The summed E-state index contributed by atoms with van der Waals surface area (Å²) in [4.78, 5) is 4.25. The van der Waals surface area contributed by atoms with Gasteiger partial charge in [-0.2, -0.15) is 0 Å². The molecular formula is C13H15BrClN3. The molecule has 0 radical (unpaired) electrons. The quantitative estimate of drug-likeness (QED) is 0.937. The minimum absolute atomic E-state index is 0.410. The van der Waals surface area contributed by atoms with Gasteiger partial charge in [0.05, 0.1) is 12.2 Å². The fourth-order valence-electron chi connectivity index (χ4n) is 1.96. The third kappa shape index (κ3) is 2.94. The van der Waals surface area contributed by atoms with Gasteiger partial charge < -0.3 is 10.3 Å². The van der Waals surface area contributed by atoms with Gasteiger partial charge in [-0.15, -0.1) is 0 Å². The van der Waals surface area contributed by atoms with Crippen molar-refractivity contribution in [2.75, 3.05) is 0 Å². The van der Waals surface area contributed by atoms with Crippen LogP contribution in [0.4, 0.5) is 0 Å². The van der Waals surface area contributed by atoms with Gasteiger partial charge in [-0.3, -0.25) is 0 Å². The van der Waals surface area contributed by atoms with Crippen LogP contribution in [-0.2, 0) is 26.4 Å². The molecule has 0 aliphatic rings. The van der Waals surface area contributed by atoms with Gasteiger partial charge in [0, 0.05) is 11.5 Å². The molecule has 0 aliphatic carbocycles. The Labute approximate surface area is 120 Å². The van der Waals surface area contributed by atoms with E-state index in [0.717, 1.165) is 28.8 Å². The van der Waals surface area contributed by atoms with Crippen LogP contribution in [0.1, 0.15) is 17.1 Å². The predicted molar refractivity (Wildman–Crippen MR) is 77.7 cm³/mol. The fourth-order valence-corrected chi connectivity index (χ4v) is 2.72. The topological polar surface area (TPSA) is 43.8 Å². The molecule has 0 bridgehead atoms. The average Bonchev–Trinajstić information content (AvgIpc) is 2.62. The van der Waals surface area contributed by atoms with E-state index in [2.05, 4.69) is 33.0 Å². The zero-order valence-corrected chi connectivity index (χ0v) is 12.5. The number of imidazole rings is 1. The Balaban J connectivity index is 2.13. The van der Waals surface area contributed by atoms with Gasteiger partial charge in [0.1, 0.15) is 5.82 Å². The molecule has 2 aromatic rings. The molecule has 1 aromatic carbocycles. The first-order valence-electron chi connectivity index (χ1n) is 5.76. The third-order valence-corrected chi connectivity index (χ3v) is 3.78. The number of hydrogen-bond acceptors (Lipinski definition) is 2. The number of aryl methyl sites for hydroxylation is 1. The molecule has 0 atom stereocenters. The lowest BCUT2D eigenvalue weighted by Gasteiger charge is -2.05. The molecule has 1 aromatic heterocycles. The zero-order chi connectivity index (χ0) is 13.1. The summed E-state index contributed by atoms with van der Waals surface area (Å²) in [7, 11) is 1.96. The second kappa shape index (κ2) is 5.87. The molecule has 0 amide bonds. The van der Waals surface area contributed by atoms with Crippen LogP contribution in [-0.4, -0.2) is 9.55 Å². The van der Waals surface area contributed by atoms with Crippen molar-refractivity contribution in [1.29, 1.82) is 0 Å². The maximum atomic E-state index is 6.13. The third-order valence-electron chi connectivity index (χ3n) is 2.98. The first kappa shape index (κ1) is 13.6. The molecule has 0 spiro atoms. The molecule has 18 heavy (non-hydrogen) atoms. The van der Waals surface area contributed by atoms with Crippen molar-refractivity contribution in [3.8, 4) is 0 Å². The number of aromatic nitrogens is 2. The van der Waals surface area contributed by atoms with Crippen LogP contribution in [0.5, 0.6) is 0 Å². The van der Waals surface area contributed by atoms with Gasteiger partial charge in [0.25, 0.3) is 0 Å². The maximum Gasteiger partial charge on any atom is 0.150 e. The number of halogens is 2. The standard InChI is InChI=1S/C13H15BrClN3/c1-18-11(13(15)17-12(18)8-16)6-5-9-3-2-4-10(14)7-9/h2-4,7H,5-6,8,16H2,1H3. The molecule has 5 heteroatoms. The van der Waals surface area contributed by atoms with Crippen LogP contribution in [0.15, 0.2) is 28.7 Å². The summed E-state index contributed by atoms with van der Waals surface area (Å²) in [6.07, 6.45) is 1.79. The van der Waals surface area contributed by atoms with Crippen LogP contribution in [0.3, 0.4) is 0 Å². The molecule has 0 fully saturated rings. The number of benzene rings is 1. The maximum absolute atomic E-state index is 6.13. The van der Waals surface area contributed by atoms with E-state index in [0.29, 0.717) is 11.7 Å². The lowest BCUT2D eigenvalue weighted by atomic mass is 10.1. The lowest BCUT2D eigenvalue weighted by Crippen LogP contribution is -2.07. The van der Waals surface area contributed by atoms with Crippen molar-refractivity contribution < 1.29 is 0 Å². The van der Waals surface area contributed by atoms with Gasteiger partial charge in [0.15, 0.2) is 5.15 Å². The highest BCUT2D eigenvalue weighted by molar-refractivity contribution is 9.10. The molecule has 3 nitrogen and oxygen atoms in total. The van der Waals surface area contributed by atoms with E-state index in [9.17, 15) is 0 Å². The van der Waals surface area contributed by atoms with E-state index in [1.54, 1.807) is 0 Å². The van der Waals surface area contributed by atoms with E-state index < -0.39 is 0 Å².